The van der Waals surface area contributed by atoms with Gasteiger partial charge in [0.05, 0.1) is 18.7 Å². The monoisotopic (exact) mass is 171 g/mol. The quantitative estimate of drug-likeness (QED) is 0.652. The fraction of sp³-hybridized carbons (Fsp3) is 0.875. The highest BCUT2D eigenvalue weighted by atomic mass is 16.5. The molecule has 0 aromatic rings. The van der Waals surface area contributed by atoms with Gasteiger partial charge in [-0.1, -0.05) is 0 Å². The Balaban J connectivity index is 2.53. The maximum atomic E-state index is 5.72. The average Bonchev–Trinajstić information content (AvgIpc) is 2.24. The molecule has 0 radical (unpaired) electrons. The smallest absolute Gasteiger partial charge is 0.191 e. The first kappa shape index (κ1) is 9.32. The van der Waals surface area contributed by atoms with E-state index in [0.29, 0.717) is 12.6 Å². The molecule has 2 N–H and O–H groups in total. The predicted octanol–water partition coefficient (Wildman–Crippen LogP) is 0.0417. The number of ether oxygens (including phenoxy) is 1. The van der Waals surface area contributed by atoms with Gasteiger partial charge in [0, 0.05) is 13.7 Å². The molecule has 0 spiro atoms. The first-order chi connectivity index (χ1) is 5.58. The number of guanidine groups is 1. The van der Waals surface area contributed by atoms with E-state index in [1.165, 1.54) is 0 Å². The lowest BCUT2D eigenvalue weighted by atomic mass is 10.1. The maximum absolute atomic E-state index is 5.72. The fourth-order valence-electron chi connectivity index (χ4n) is 1.36. The molecular formula is C8H17N3O. The Morgan fingerprint density at radius 3 is 2.75 bits per heavy atom. The van der Waals surface area contributed by atoms with E-state index in [2.05, 4.69) is 23.7 Å². The Bertz CT molecular complexity index is 189. The molecule has 1 aliphatic rings. The van der Waals surface area contributed by atoms with E-state index in [0.717, 1.165) is 13.1 Å². The zero-order valence-corrected chi connectivity index (χ0v) is 8.00. The van der Waals surface area contributed by atoms with Crippen molar-refractivity contribution in [3.63, 3.8) is 0 Å². The minimum absolute atomic E-state index is 0.0581. The number of hydrogen-bond donors (Lipinski definition) is 1. The topological polar surface area (TPSA) is 50.9 Å². The summed E-state index contributed by atoms with van der Waals surface area (Å²) in [5, 5.41) is 0. The van der Waals surface area contributed by atoms with Crippen LogP contribution in [0.3, 0.4) is 0 Å². The molecule has 0 aromatic carbocycles. The lowest BCUT2D eigenvalue weighted by molar-refractivity contribution is 0.144. The maximum Gasteiger partial charge on any atom is 0.191 e. The number of methoxy groups -OCH3 is 1. The van der Waals surface area contributed by atoms with Crippen LogP contribution < -0.4 is 5.73 Å². The summed E-state index contributed by atoms with van der Waals surface area (Å²) in [6.45, 7) is 6.55. The van der Waals surface area contributed by atoms with E-state index in [9.17, 15) is 0 Å². The number of hydrogen-bond acceptors (Lipinski definition) is 4. The highest BCUT2D eigenvalue weighted by Gasteiger charge is 2.32. The van der Waals surface area contributed by atoms with Gasteiger partial charge in [-0.05, 0) is 13.8 Å². The van der Waals surface area contributed by atoms with Crippen LogP contribution in [0.4, 0.5) is 0 Å². The second kappa shape index (κ2) is 3.31. The molecule has 0 amide bonds. The molecule has 0 fully saturated rings. The van der Waals surface area contributed by atoms with Crippen molar-refractivity contribution in [2.75, 3.05) is 26.8 Å². The van der Waals surface area contributed by atoms with Gasteiger partial charge in [-0.25, -0.2) is 0 Å². The van der Waals surface area contributed by atoms with Crippen molar-refractivity contribution in [2.45, 2.75) is 19.4 Å². The molecule has 0 unspecified atom stereocenters. The largest absolute Gasteiger partial charge is 0.383 e. The number of aliphatic imine (C=N–C) groups is 1. The van der Waals surface area contributed by atoms with Gasteiger partial charge in [0.1, 0.15) is 0 Å². The molecule has 4 heteroatoms. The molecule has 70 valence electrons. The van der Waals surface area contributed by atoms with E-state index in [4.69, 9.17) is 10.5 Å². The molecule has 0 saturated carbocycles. The van der Waals surface area contributed by atoms with Crippen LogP contribution in [0.25, 0.3) is 0 Å². The zero-order chi connectivity index (χ0) is 9.19. The Labute approximate surface area is 73.4 Å². The summed E-state index contributed by atoms with van der Waals surface area (Å²) in [4.78, 5) is 6.27. The van der Waals surface area contributed by atoms with Crippen LogP contribution in [0.5, 0.6) is 0 Å². The molecule has 1 heterocycles. The van der Waals surface area contributed by atoms with Crippen molar-refractivity contribution >= 4 is 5.96 Å². The molecule has 1 aliphatic heterocycles. The van der Waals surface area contributed by atoms with Crippen LogP contribution in [0.2, 0.25) is 0 Å². The second-order valence-corrected chi connectivity index (χ2v) is 3.63. The van der Waals surface area contributed by atoms with Crippen LogP contribution in [-0.2, 0) is 4.74 Å². The standard InChI is InChI=1S/C8H17N3O/c1-8(2)6-10-7(9)11(8)4-5-12-3/h4-6H2,1-3H3,(H2,9,10). The van der Waals surface area contributed by atoms with E-state index >= 15 is 0 Å². The Morgan fingerprint density at radius 1 is 1.67 bits per heavy atom. The van der Waals surface area contributed by atoms with Crippen LogP contribution in [-0.4, -0.2) is 43.2 Å². The van der Waals surface area contributed by atoms with E-state index in [1.807, 2.05) is 0 Å². The Hall–Kier alpha value is -0.770. The van der Waals surface area contributed by atoms with Crippen LogP contribution in [0.15, 0.2) is 4.99 Å². The molecule has 0 atom stereocenters. The zero-order valence-electron chi connectivity index (χ0n) is 8.00. The number of rotatable bonds is 3. The van der Waals surface area contributed by atoms with Crippen molar-refractivity contribution in [1.29, 1.82) is 0 Å². The molecule has 1 rings (SSSR count). The molecule has 4 nitrogen and oxygen atoms in total. The summed E-state index contributed by atoms with van der Waals surface area (Å²) in [7, 11) is 1.69. The molecule has 12 heavy (non-hydrogen) atoms. The number of nitrogens with two attached hydrogens (primary N) is 1. The second-order valence-electron chi connectivity index (χ2n) is 3.63. The van der Waals surface area contributed by atoms with E-state index < -0.39 is 0 Å². The molecule has 0 bridgehead atoms. The van der Waals surface area contributed by atoms with Gasteiger partial charge in [0.25, 0.3) is 0 Å². The molecule has 0 saturated heterocycles. The first-order valence-electron chi connectivity index (χ1n) is 4.14. The van der Waals surface area contributed by atoms with Crippen LogP contribution in [0.1, 0.15) is 13.8 Å². The van der Waals surface area contributed by atoms with Gasteiger partial charge < -0.3 is 15.4 Å². The molecule has 0 aromatic heterocycles. The SMILES string of the molecule is COCCN1C(N)=NCC1(C)C. The Morgan fingerprint density at radius 2 is 2.33 bits per heavy atom. The van der Waals surface area contributed by atoms with Crippen molar-refractivity contribution in [2.24, 2.45) is 10.7 Å². The Kier molecular flexibility index (Phi) is 2.57. The van der Waals surface area contributed by atoms with Gasteiger partial charge in [0.15, 0.2) is 5.96 Å². The third-order valence-corrected chi connectivity index (χ3v) is 2.15. The summed E-state index contributed by atoms with van der Waals surface area (Å²) in [5.41, 5.74) is 5.77. The predicted molar refractivity (Wildman–Crippen MR) is 49.2 cm³/mol. The minimum Gasteiger partial charge on any atom is -0.383 e. The molecular weight excluding hydrogens is 154 g/mol. The third-order valence-electron chi connectivity index (χ3n) is 2.15. The van der Waals surface area contributed by atoms with Crippen molar-refractivity contribution in [3.8, 4) is 0 Å². The summed E-state index contributed by atoms with van der Waals surface area (Å²) >= 11 is 0. The minimum atomic E-state index is 0.0581. The van der Waals surface area contributed by atoms with Gasteiger partial charge in [-0.3, -0.25) is 4.99 Å². The van der Waals surface area contributed by atoms with Gasteiger partial charge in [-0.15, -0.1) is 0 Å². The summed E-state index contributed by atoms with van der Waals surface area (Å²) in [5.74, 6) is 0.636. The van der Waals surface area contributed by atoms with Crippen LogP contribution >= 0.6 is 0 Å². The van der Waals surface area contributed by atoms with Crippen molar-refractivity contribution in [1.82, 2.24) is 4.90 Å². The third kappa shape index (κ3) is 1.69. The average molecular weight is 171 g/mol. The highest BCUT2D eigenvalue weighted by Crippen LogP contribution is 2.19. The lowest BCUT2D eigenvalue weighted by Gasteiger charge is -2.32. The van der Waals surface area contributed by atoms with Gasteiger partial charge in [0.2, 0.25) is 0 Å². The van der Waals surface area contributed by atoms with Crippen molar-refractivity contribution < 1.29 is 4.74 Å². The summed E-state index contributed by atoms with van der Waals surface area (Å²) < 4.78 is 4.99. The number of nitrogens with zero attached hydrogens (tertiary/aromatic N) is 2. The normalized spacial score (nSPS) is 21.2. The summed E-state index contributed by atoms with van der Waals surface area (Å²) in [6.07, 6.45) is 0. The lowest BCUT2D eigenvalue weighted by Crippen LogP contribution is -2.48. The fourth-order valence-corrected chi connectivity index (χ4v) is 1.36. The van der Waals surface area contributed by atoms with Crippen LogP contribution in [0, 0.1) is 0 Å². The highest BCUT2D eigenvalue weighted by molar-refractivity contribution is 5.80. The van der Waals surface area contributed by atoms with Gasteiger partial charge >= 0.3 is 0 Å². The van der Waals surface area contributed by atoms with E-state index in [1.54, 1.807) is 7.11 Å². The van der Waals surface area contributed by atoms with E-state index in [-0.39, 0.29) is 5.54 Å². The summed E-state index contributed by atoms with van der Waals surface area (Å²) in [6, 6.07) is 0. The van der Waals surface area contributed by atoms with Gasteiger partial charge in [-0.2, -0.15) is 0 Å². The molecule has 0 aliphatic carbocycles. The van der Waals surface area contributed by atoms with Crippen molar-refractivity contribution in [3.05, 3.63) is 0 Å². The first-order valence-corrected chi connectivity index (χ1v) is 4.14.